The molecule has 0 atom stereocenters. The van der Waals surface area contributed by atoms with Crippen molar-refractivity contribution in [1.82, 2.24) is 0 Å². The molecule has 6 heteroatoms. The summed E-state index contributed by atoms with van der Waals surface area (Å²) in [6.45, 7) is 0.511. The molecule has 0 aliphatic heterocycles. The molecule has 27 heavy (non-hydrogen) atoms. The lowest BCUT2D eigenvalue weighted by Crippen LogP contribution is -2.19. The Labute approximate surface area is 162 Å². The first kappa shape index (κ1) is 18.7. The van der Waals surface area contributed by atoms with Crippen molar-refractivity contribution in [2.45, 2.75) is 6.61 Å². The monoisotopic (exact) mass is 382 g/mol. The van der Waals surface area contributed by atoms with Crippen LogP contribution in [0.2, 0.25) is 0 Å². The molecule has 0 aliphatic rings. The standard InChI is InChI=1S/C21H19FN2O2S/c1-25-20-12-9-17(13-19(20)22)24-21(27)23-16-7-10-18(11-8-16)26-14-15-5-3-2-4-6-15/h2-13H,14H2,1H3,(H2,23,24,27). The smallest absolute Gasteiger partial charge is 0.175 e. The van der Waals surface area contributed by atoms with Gasteiger partial charge < -0.3 is 20.1 Å². The van der Waals surface area contributed by atoms with Gasteiger partial charge in [-0.1, -0.05) is 30.3 Å². The van der Waals surface area contributed by atoms with Crippen molar-refractivity contribution in [2.24, 2.45) is 0 Å². The summed E-state index contributed by atoms with van der Waals surface area (Å²) in [7, 11) is 1.42. The summed E-state index contributed by atoms with van der Waals surface area (Å²) in [5.41, 5.74) is 2.44. The van der Waals surface area contributed by atoms with Crippen LogP contribution in [0.1, 0.15) is 5.56 Å². The molecule has 4 nitrogen and oxygen atoms in total. The average molecular weight is 382 g/mol. The predicted molar refractivity (Wildman–Crippen MR) is 110 cm³/mol. The number of rotatable bonds is 6. The van der Waals surface area contributed by atoms with Gasteiger partial charge in [0.15, 0.2) is 16.7 Å². The van der Waals surface area contributed by atoms with E-state index in [4.69, 9.17) is 21.7 Å². The summed E-state index contributed by atoms with van der Waals surface area (Å²) in [6, 6.07) is 22.0. The molecule has 3 aromatic carbocycles. The van der Waals surface area contributed by atoms with Crippen molar-refractivity contribution in [1.29, 1.82) is 0 Å². The molecule has 0 aromatic heterocycles. The minimum Gasteiger partial charge on any atom is -0.494 e. The summed E-state index contributed by atoms with van der Waals surface area (Å²) < 4.78 is 24.4. The van der Waals surface area contributed by atoms with Crippen molar-refractivity contribution in [3.8, 4) is 11.5 Å². The Morgan fingerprint density at radius 2 is 1.59 bits per heavy atom. The number of benzene rings is 3. The van der Waals surface area contributed by atoms with Crippen LogP contribution < -0.4 is 20.1 Å². The van der Waals surface area contributed by atoms with E-state index in [-0.39, 0.29) is 5.75 Å². The van der Waals surface area contributed by atoms with E-state index >= 15 is 0 Å². The first-order valence-electron chi connectivity index (χ1n) is 8.32. The second-order valence-electron chi connectivity index (χ2n) is 5.73. The van der Waals surface area contributed by atoms with E-state index in [1.807, 2.05) is 54.6 Å². The maximum Gasteiger partial charge on any atom is 0.175 e. The summed E-state index contributed by atoms with van der Waals surface area (Å²) in [5, 5.41) is 6.35. The van der Waals surface area contributed by atoms with E-state index in [9.17, 15) is 4.39 Å². The molecule has 0 bridgehead atoms. The van der Waals surface area contributed by atoms with Gasteiger partial charge in [0.25, 0.3) is 0 Å². The first-order valence-corrected chi connectivity index (χ1v) is 8.73. The highest BCUT2D eigenvalue weighted by Crippen LogP contribution is 2.21. The number of nitrogens with one attached hydrogen (secondary N) is 2. The van der Waals surface area contributed by atoms with Crippen LogP contribution in [0, 0.1) is 5.82 Å². The average Bonchev–Trinajstić information content (AvgIpc) is 2.68. The van der Waals surface area contributed by atoms with Gasteiger partial charge in [0.05, 0.1) is 7.11 Å². The van der Waals surface area contributed by atoms with Crippen molar-refractivity contribution in [3.05, 3.63) is 84.2 Å². The molecule has 0 aliphatic carbocycles. The Morgan fingerprint density at radius 3 is 2.26 bits per heavy atom. The lowest BCUT2D eigenvalue weighted by molar-refractivity contribution is 0.306. The zero-order valence-electron chi connectivity index (χ0n) is 14.7. The number of methoxy groups -OCH3 is 1. The van der Waals surface area contributed by atoms with Crippen molar-refractivity contribution in [3.63, 3.8) is 0 Å². The molecule has 0 heterocycles. The molecular formula is C21H19FN2O2S. The minimum absolute atomic E-state index is 0.186. The van der Waals surface area contributed by atoms with E-state index in [0.717, 1.165) is 17.0 Å². The number of thiocarbonyl (C=S) groups is 1. The van der Waals surface area contributed by atoms with E-state index in [0.29, 0.717) is 17.4 Å². The highest BCUT2D eigenvalue weighted by Gasteiger charge is 2.05. The minimum atomic E-state index is -0.454. The Kier molecular flexibility index (Phi) is 6.22. The van der Waals surface area contributed by atoms with Gasteiger partial charge in [-0.2, -0.15) is 0 Å². The summed E-state index contributed by atoms with van der Waals surface area (Å²) >= 11 is 5.26. The third-order valence-corrected chi connectivity index (χ3v) is 3.97. The fourth-order valence-electron chi connectivity index (χ4n) is 2.41. The zero-order chi connectivity index (χ0) is 19.1. The lowest BCUT2D eigenvalue weighted by atomic mass is 10.2. The largest absolute Gasteiger partial charge is 0.494 e. The van der Waals surface area contributed by atoms with Gasteiger partial charge >= 0.3 is 0 Å². The van der Waals surface area contributed by atoms with Gasteiger partial charge in [0.1, 0.15) is 12.4 Å². The van der Waals surface area contributed by atoms with Crippen molar-refractivity contribution < 1.29 is 13.9 Å². The maximum absolute atomic E-state index is 13.7. The molecule has 0 amide bonds. The molecule has 3 aromatic rings. The Morgan fingerprint density at radius 1 is 0.926 bits per heavy atom. The normalized spacial score (nSPS) is 10.1. The Hall–Kier alpha value is -3.12. The lowest BCUT2D eigenvalue weighted by Gasteiger charge is -2.12. The number of anilines is 2. The zero-order valence-corrected chi connectivity index (χ0v) is 15.6. The molecule has 3 rings (SSSR count). The molecule has 0 unspecified atom stereocenters. The molecule has 0 spiro atoms. The summed E-state index contributed by atoms with van der Waals surface area (Å²) in [6.07, 6.45) is 0. The van der Waals surface area contributed by atoms with Gasteiger partial charge in [-0.15, -0.1) is 0 Å². The van der Waals surface area contributed by atoms with Gasteiger partial charge in [-0.05, 0) is 54.2 Å². The van der Waals surface area contributed by atoms with Gasteiger partial charge in [0.2, 0.25) is 0 Å². The van der Waals surface area contributed by atoms with Crippen LogP contribution in [0.4, 0.5) is 15.8 Å². The van der Waals surface area contributed by atoms with E-state index in [2.05, 4.69) is 10.6 Å². The van der Waals surface area contributed by atoms with Crippen molar-refractivity contribution in [2.75, 3.05) is 17.7 Å². The highest BCUT2D eigenvalue weighted by molar-refractivity contribution is 7.80. The second-order valence-corrected chi connectivity index (χ2v) is 6.14. The predicted octanol–water partition coefficient (Wildman–Crippen LogP) is 5.22. The highest BCUT2D eigenvalue weighted by atomic mass is 32.1. The van der Waals surface area contributed by atoms with E-state index < -0.39 is 5.82 Å². The van der Waals surface area contributed by atoms with E-state index in [1.165, 1.54) is 13.2 Å². The number of hydrogen-bond donors (Lipinski definition) is 2. The molecule has 0 radical (unpaired) electrons. The second kappa shape index (κ2) is 9.00. The number of ether oxygens (including phenoxy) is 2. The molecule has 0 saturated carbocycles. The molecule has 0 fully saturated rings. The van der Waals surface area contributed by atoms with Crippen LogP contribution in [-0.2, 0) is 6.61 Å². The maximum atomic E-state index is 13.7. The van der Waals surface area contributed by atoms with Crippen LogP contribution in [0.25, 0.3) is 0 Å². The number of hydrogen-bond acceptors (Lipinski definition) is 3. The topological polar surface area (TPSA) is 42.5 Å². The van der Waals surface area contributed by atoms with Gasteiger partial charge in [-0.25, -0.2) is 4.39 Å². The van der Waals surface area contributed by atoms with Crippen LogP contribution >= 0.6 is 12.2 Å². The SMILES string of the molecule is COc1ccc(NC(=S)Nc2ccc(OCc3ccccc3)cc2)cc1F. The quantitative estimate of drug-likeness (QED) is 0.572. The third-order valence-electron chi connectivity index (χ3n) is 3.77. The molecule has 138 valence electrons. The van der Waals surface area contributed by atoms with Gasteiger partial charge in [0, 0.05) is 17.4 Å². The number of halogens is 1. The fourth-order valence-corrected chi connectivity index (χ4v) is 2.65. The van der Waals surface area contributed by atoms with Crippen LogP contribution in [0.5, 0.6) is 11.5 Å². The Bertz CT molecular complexity index is 902. The first-order chi connectivity index (χ1) is 13.1. The summed E-state index contributed by atoms with van der Waals surface area (Å²) in [4.78, 5) is 0. The van der Waals surface area contributed by atoms with Crippen LogP contribution in [0.15, 0.2) is 72.8 Å². The van der Waals surface area contributed by atoms with Crippen molar-refractivity contribution >= 4 is 28.7 Å². The van der Waals surface area contributed by atoms with Gasteiger partial charge in [-0.3, -0.25) is 0 Å². The molecular weight excluding hydrogens is 363 g/mol. The molecule has 2 N–H and O–H groups in total. The molecule has 0 saturated heterocycles. The van der Waals surface area contributed by atoms with Crippen LogP contribution in [-0.4, -0.2) is 12.2 Å². The van der Waals surface area contributed by atoms with E-state index in [1.54, 1.807) is 12.1 Å². The summed E-state index contributed by atoms with van der Waals surface area (Å²) in [5.74, 6) is 0.497. The third kappa shape index (κ3) is 5.43. The van der Waals surface area contributed by atoms with Crippen LogP contribution in [0.3, 0.4) is 0 Å². The Balaban J connectivity index is 1.53. The fraction of sp³-hybridized carbons (Fsp3) is 0.0952.